The minimum absolute atomic E-state index is 0.0922. The Labute approximate surface area is 254 Å². The second-order valence-electron chi connectivity index (χ2n) is 12.9. The Morgan fingerprint density at radius 3 is 1.48 bits per heavy atom. The smallest absolute Gasteiger partial charge is 0.138 e. The van der Waals surface area contributed by atoms with Crippen LogP contribution in [0.1, 0.15) is 93.9 Å². The molecule has 0 N–H and O–H groups in total. The summed E-state index contributed by atoms with van der Waals surface area (Å²) < 4.78 is 11.5. The van der Waals surface area contributed by atoms with Crippen molar-refractivity contribution in [3.05, 3.63) is 24.3 Å². The van der Waals surface area contributed by atoms with E-state index in [1.54, 1.807) is 0 Å². The van der Waals surface area contributed by atoms with Gasteiger partial charge in [-0.25, -0.2) is 0 Å². The highest BCUT2D eigenvalue weighted by Gasteiger charge is 2.42. The van der Waals surface area contributed by atoms with Gasteiger partial charge in [-0.1, -0.05) is 79.7 Å². The van der Waals surface area contributed by atoms with Gasteiger partial charge in [-0.15, -0.1) is 0 Å². The van der Waals surface area contributed by atoms with Crippen molar-refractivity contribution in [1.82, 2.24) is 0 Å². The predicted molar refractivity (Wildman–Crippen MR) is 174 cm³/mol. The molecule has 0 heterocycles. The topological polar surface area (TPSA) is 52.6 Å². The van der Waals surface area contributed by atoms with Gasteiger partial charge in [-0.05, 0) is 48.3 Å². The number of ketones is 2. The lowest BCUT2D eigenvalue weighted by Gasteiger charge is -2.41. The number of hydrogen-bond donors (Lipinski definition) is 0. The molecule has 2 aliphatic rings. The third-order valence-corrected chi connectivity index (χ3v) is 11.8. The normalized spacial score (nSPS) is 31.7. The van der Waals surface area contributed by atoms with E-state index in [1.807, 2.05) is 23.5 Å². The molecule has 0 saturated heterocycles. The zero-order valence-corrected chi connectivity index (χ0v) is 28.3. The Balaban J connectivity index is 1.52. The number of thioether (sulfide) groups is 2. The van der Waals surface area contributed by atoms with Gasteiger partial charge in [0.1, 0.15) is 11.6 Å². The van der Waals surface area contributed by atoms with E-state index >= 15 is 0 Å². The van der Waals surface area contributed by atoms with E-state index in [2.05, 4.69) is 79.7 Å². The minimum Gasteiger partial charge on any atom is -0.378 e. The van der Waals surface area contributed by atoms with E-state index in [9.17, 15) is 9.59 Å². The molecule has 0 aliphatic heterocycles. The lowest BCUT2D eigenvalue weighted by atomic mass is 9.62. The maximum atomic E-state index is 13.2. The molecular weight excluding hydrogens is 537 g/mol. The molecule has 6 heteroatoms. The first-order chi connectivity index (χ1) is 19.0. The van der Waals surface area contributed by atoms with Crippen LogP contribution in [0, 0.1) is 34.5 Å². The van der Waals surface area contributed by atoms with Crippen LogP contribution < -0.4 is 0 Å². The van der Waals surface area contributed by atoms with Crippen LogP contribution >= 0.6 is 23.5 Å². The van der Waals surface area contributed by atoms with Gasteiger partial charge in [-0.3, -0.25) is 9.59 Å². The van der Waals surface area contributed by atoms with E-state index < -0.39 is 0 Å². The zero-order valence-electron chi connectivity index (χ0n) is 26.7. The molecule has 0 saturated carbocycles. The number of ether oxygens (including phenoxy) is 2. The molecular formula is C34H58O4S2. The molecule has 2 rings (SSSR count). The molecule has 0 radical (unpaired) electrons. The largest absolute Gasteiger partial charge is 0.378 e. The molecule has 8 atom stereocenters. The highest BCUT2D eigenvalue weighted by molar-refractivity contribution is 8.00. The summed E-state index contributed by atoms with van der Waals surface area (Å²) in [6, 6.07) is 0. The Morgan fingerprint density at radius 1 is 0.750 bits per heavy atom. The summed E-state index contributed by atoms with van der Waals surface area (Å²) in [4.78, 5) is 26.3. The van der Waals surface area contributed by atoms with Crippen molar-refractivity contribution in [2.24, 2.45) is 34.5 Å². The van der Waals surface area contributed by atoms with Gasteiger partial charge < -0.3 is 9.47 Å². The standard InChI is InChI=1S/C34H58O4S2/c1-9-33(7)15-11-13-25(3)31(33)29(35)23-27(5)39-21-19-37-17-18-38-20-22-40-28(6)24-30(36)32-26(4)14-12-16-34(32,8)10-2/h11-14,25-28,31-32H,9-10,15-24H2,1-8H3. The average Bonchev–Trinajstić information content (AvgIpc) is 2.89. The number of carbonyl (C=O) groups excluding carboxylic acids is 2. The monoisotopic (exact) mass is 594 g/mol. The third kappa shape index (κ3) is 10.6. The van der Waals surface area contributed by atoms with Crippen molar-refractivity contribution in [3.63, 3.8) is 0 Å². The number of rotatable bonds is 19. The Morgan fingerprint density at radius 2 is 1.12 bits per heavy atom. The van der Waals surface area contributed by atoms with Gasteiger partial charge in [0.25, 0.3) is 0 Å². The first-order valence-electron chi connectivity index (χ1n) is 15.7. The summed E-state index contributed by atoms with van der Waals surface area (Å²) in [6.07, 6.45) is 14.4. The number of hydrogen-bond acceptors (Lipinski definition) is 6. The first kappa shape index (κ1) is 35.6. The van der Waals surface area contributed by atoms with E-state index in [-0.39, 0.29) is 22.7 Å². The highest BCUT2D eigenvalue weighted by atomic mass is 32.2. The molecule has 0 aromatic heterocycles. The van der Waals surface area contributed by atoms with Crippen molar-refractivity contribution >= 4 is 35.1 Å². The van der Waals surface area contributed by atoms with Gasteiger partial charge in [0.05, 0.1) is 26.4 Å². The molecule has 40 heavy (non-hydrogen) atoms. The molecule has 2 aliphatic carbocycles. The fraction of sp³-hybridized carbons (Fsp3) is 0.824. The number of allylic oxidation sites excluding steroid dienone is 4. The minimum atomic E-state index is 0.0922. The van der Waals surface area contributed by atoms with Crippen LogP contribution in [0.3, 0.4) is 0 Å². The van der Waals surface area contributed by atoms with E-state index in [1.165, 1.54) is 0 Å². The summed E-state index contributed by atoms with van der Waals surface area (Å²) in [6.45, 7) is 20.3. The third-order valence-electron chi connectivity index (χ3n) is 9.52. The summed E-state index contributed by atoms with van der Waals surface area (Å²) in [7, 11) is 0. The molecule has 0 fully saturated rings. The van der Waals surface area contributed by atoms with E-state index in [0.29, 0.717) is 73.2 Å². The Kier molecular flexibility index (Phi) is 15.6. The lowest BCUT2D eigenvalue weighted by Crippen LogP contribution is -2.39. The van der Waals surface area contributed by atoms with Crippen LogP contribution in [0.25, 0.3) is 0 Å². The van der Waals surface area contributed by atoms with Crippen molar-refractivity contribution in [1.29, 1.82) is 0 Å². The molecule has 0 aromatic rings. The van der Waals surface area contributed by atoms with Gasteiger partial charge in [0.15, 0.2) is 0 Å². The van der Waals surface area contributed by atoms with Crippen LogP contribution in [0.5, 0.6) is 0 Å². The average molecular weight is 595 g/mol. The molecule has 0 amide bonds. The molecule has 0 bridgehead atoms. The molecule has 8 unspecified atom stereocenters. The van der Waals surface area contributed by atoms with Crippen LogP contribution in [-0.2, 0) is 19.1 Å². The molecule has 0 aromatic carbocycles. The molecule has 4 nitrogen and oxygen atoms in total. The predicted octanol–water partition coefficient (Wildman–Crippen LogP) is 8.44. The van der Waals surface area contributed by atoms with Gasteiger partial charge >= 0.3 is 0 Å². The molecule has 0 spiro atoms. The van der Waals surface area contributed by atoms with Gasteiger partial charge in [0, 0.05) is 46.7 Å². The van der Waals surface area contributed by atoms with Crippen LogP contribution in [0.15, 0.2) is 24.3 Å². The number of carbonyl (C=O) groups is 2. The number of Topliss-reactive ketones (excluding diaryl/α,β-unsaturated/α-hetero) is 2. The zero-order chi connectivity index (χ0) is 29.8. The summed E-state index contributed by atoms with van der Waals surface area (Å²) in [5, 5.41) is 0.622. The van der Waals surface area contributed by atoms with E-state index in [4.69, 9.17) is 9.47 Å². The highest BCUT2D eigenvalue weighted by Crippen LogP contribution is 2.46. The maximum absolute atomic E-state index is 13.2. The Bertz CT molecular complexity index is 774. The summed E-state index contributed by atoms with van der Waals surface area (Å²) in [5.41, 5.74) is 0.184. The molecule has 230 valence electrons. The SMILES string of the molecule is CCC1(C)CC=CC(C)C1C(=O)CC(C)SCCOCCOCCSC(C)CC(=O)C1C(C)C=CCC1(C)CC. The van der Waals surface area contributed by atoms with E-state index in [0.717, 1.165) is 37.2 Å². The lowest BCUT2D eigenvalue weighted by molar-refractivity contribution is -0.129. The quantitative estimate of drug-likeness (QED) is 0.110. The fourth-order valence-corrected chi connectivity index (χ4v) is 8.62. The van der Waals surface area contributed by atoms with Crippen molar-refractivity contribution in [2.75, 3.05) is 37.9 Å². The second kappa shape index (κ2) is 17.5. The van der Waals surface area contributed by atoms with Gasteiger partial charge in [0.2, 0.25) is 0 Å². The first-order valence-corrected chi connectivity index (χ1v) is 17.8. The van der Waals surface area contributed by atoms with Gasteiger partial charge in [-0.2, -0.15) is 23.5 Å². The summed E-state index contributed by atoms with van der Waals surface area (Å²) >= 11 is 3.66. The van der Waals surface area contributed by atoms with Crippen LogP contribution in [-0.4, -0.2) is 60.0 Å². The Hall–Kier alpha value is -0.560. The van der Waals surface area contributed by atoms with Crippen LogP contribution in [0.2, 0.25) is 0 Å². The van der Waals surface area contributed by atoms with Crippen molar-refractivity contribution in [3.8, 4) is 0 Å². The second-order valence-corrected chi connectivity index (χ2v) is 16.0. The van der Waals surface area contributed by atoms with Crippen LogP contribution in [0.4, 0.5) is 0 Å². The summed E-state index contributed by atoms with van der Waals surface area (Å²) in [5.74, 6) is 3.57. The van der Waals surface area contributed by atoms with Crippen molar-refractivity contribution in [2.45, 2.75) is 104 Å². The van der Waals surface area contributed by atoms with Crippen molar-refractivity contribution < 1.29 is 19.1 Å². The maximum Gasteiger partial charge on any atom is 0.138 e. The fourth-order valence-electron chi connectivity index (χ4n) is 6.82.